The molecule has 36 heavy (non-hydrogen) atoms. The Morgan fingerprint density at radius 2 is 1.14 bits per heavy atom. The molecule has 4 heterocycles. The Bertz CT molecular complexity index is 662. The van der Waals surface area contributed by atoms with Gasteiger partial charge in [-0.15, -0.1) is 0 Å². The van der Waals surface area contributed by atoms with Crippen molar-refractivity contribution in [2.24, 2.45) is 23.7 Å². The van der Waals surface area contributed by atoms with Crippen molar-refractivity contribution in [1.82, 2.24) is 9.80 Å². The first-order valence-electron chi connectivity index (χ1n) is 15.4. The van der Waals surface area contributed by atoms with E-state index < -0.39 is 0 Å². The number of likely N-dealkylation sites (tertiary alicyclic amines) is 2. The highest BCUT2D eigenvalue weighted by atomic mass is 32.2. The number of fused-ring (bicyclic) bond motifs is 1. The Labute approximate surface area is 229 Å². The lowest BCUT2D eigenvalue weighted by atomic mass is 9.85. The second kappa shape index (κ2) is 13.6. The summed E-state index contributed by atoms with van der Waals surface area (Å²) in [6.07, 6.45) is 14.3. The van der Waals surface area contributed by atoms with Gasteiger partial charge < -0.3 is 9.80 Å². The molecule has 0 radical (unpaired) electrons. The van der Waals surface area contributed by atoms with E-state index in [1.54, 1.807) is 0 Å². The summed E-state index contributed by atoms with van der Waals surface area (Å²) in [5.41, 5.74) is 0. The van der Waals surface area contributed by atoms with Gasteiger partial charge in [-0.25, -0.2) is 0 Å². The summed E-state index contributed by atoms with van der Waals surface area (Å²) in [5.74, 6) is 3.95. The molecule has 6 heteroatoms. The number of carbonyl (C=O) groups is 2. The molecule has 4 saturated heterocycles. The third kappa shape index (κ3) is 5.95. The largest absolute Gasteiger partial charge is 0.337 e. The minimum Gasteiger partial charge on any atom is -0.337 e. The molecular formula is C30H52N2O2S2. The van der Waals surface area contributed by atoms with Crippen molar-refractivity contribution in [3.8, 4) is 0 Å². The van der Waals surface area contributed by atoms with Gasteiger partial charge in [0.25, 0.3) is 0 Å². The van der Waals surface area contributed by atoms with Crippen molar-refractivity contribution < 1.29 is 9.59 Å². The lowest BCUT2D eigenvalue weighted by Crippen LogP contribution is -2.51. The molecular weight excluding hydrogens is 484 g/mol. The second-order valence-electron chi connectivity index (χ2n) is 11.9. The Kier molecular flexibility index (Phi) is 10.8. The van der Waals surface area contributed by atoms with E-state index in [2.05, 4.69) is 37.5 Å². The third-order valence-electron chi connectivity index (χ3n) is 9.67. The van der Waals surface area contributed by atoms with Crippen LogP contribution in [0, 0.1) is 23.7 Å². The van der Waals surface area contributed by atoms with Crippen molar-refractivity contribution in [2.75, 3.05) is 24.6 Å². The zero-order valence-corrected chi connectivity index (χ0v) is 25.1. The average Bonchev–Trinajstić information content (AvgIpc) is 3.68. The Morgan fingerprint density at radius 3 is 1.44 bits per heavy atom. The molecule has 2 amide bonds. The summed E-state index contributed by atoms with van der Waals surface area (Å²) in [4.78, 5) is 33.3. The molecule has 0 bridgehead atoms. The number of carbonyl (C=O) groups excluding carboxylic acids is 2. The van der Waals surface area contributed by atoms with Crippen LogP contribution in [0.1, 0.15) is 105 Å². The van der Waals surface area contributed by atoms with Gasteiger partial charge in [-0.2, -0.15) is 23.5 Å². The normalized spacial score (nSPS) is 34.1. The Hall–Kier alpha value is -0.360. The van der Waals surface area contributed by atoms with Crippen LogP contribution in [0.2, 0.25) is 0 Å². The monoisotopic (exact) mass is 536 g/mol. The molecule has 4 aliphatic heterocycles. The van der Waals surface area contributed by atoms with E-state index in [4.69, 9.17) is 0 Å². The number of hydrogen-bond acceptors (Lipinski definition) is 4. The maximum Gasteiger partial charge on any atom is 0.229 e. The molecule has 8 unspecified atom stereocenters. The van der Waals surface area contributed by atoms with E-state index in [0.717, 1.165) is 38.8 Å². The fourth-order valence-corrected chi connectivity index (χ4v) is 10.5. The van der Waals surface area contributed by atoms with Crippen LogP contribution in [-0.2, 0) is 9.59 Å². The van der Waals surface area contributed by atoms with E-state index in [1.165, 1.54) is 62.9 Å². The van der Waals surface area contributed by atoms with Gasteiger partial charge in [0, 0.05) is 23.6 Å². The van der Waals surface area contributed by atoms with Gasteiger partial charge in [0.15, 0.2) is 0 Å². The maximum atomic E-state index is 14.4. The van der Waals surface area contributed by atoms with Crippen molar-refractivity contribution in [3.63, 3.8) is 0 Å². The smallest absolute Gasteiger partial charge is 0.229 e. The summed E-state index contributed by atoms with van der Waals surface area (Å²) in [6.45, 7) is 10.8. The zero-order chi connectivity index (χ0) is 25.7. The Balaban J connectivity index is 1.64. The minimum absolute atomic E-state index is 0.105. The highest BCUT2D eigenvalue weighted by molar-refractivity contribution is 8.00. The lowest BCUT2D eigenvalue weighted by Gasteiger charge is -2.38. The van der Waals surface area contributed by atoms with Crippen molar-refractivity contribution in [3.05, 3.63) is 0 Å². The first-order valence-corrected chi connectivity index (χ1v) is 17.5. The van der Waals surface area contributed by atoms with Gasteiger partial charge in [-0.3, -0.25) is 9.59 Å². The molecule has 0 aromatic rings. The molecule has 4 aliphatic rings. The van der Waals surface area contributed by atoms with Crippen molar-refractivity contribution >= 4 is 35.3 Å². The predicted molar refractivity (Wildman–Crippen MR) is 156 cm³/mol. The van der Waals surface area contributed by atoms with Gasteiger partial charge in [0.05, 0.1) is 23.9 Å². The molecule has 0 N–H and O–H groups in total. The maximum absolute atomic E-state index is 14.4. The van der Waals surface area contributed by atoms with E-state index in [9.17, 15) is 9.59 Å². The molecule has 0 spiro atoms. The van der Waals surface area contributed by atoms with Crippen LogP contribution in [0.15, 0.2) is 0 Å². The molecule has 0 aromatic carbocycles. The summed E-state index contributed by atoms with van der Waals surface area (Å²) in [5, 5.41) is 0.881. The molecule has 206 valence electrons. The van der Waals surface area contributed by atoms with Gasteiger partial charge in [-0.05, 0) is 61.9 Å². The lowest BCUT2D eigenvalue weighted by molar-refractivity contribution is -0.136. The third-order valence-corrected chi connectivity index (χ3v) is 12.6. The zero-order valence-electron chi connectivity index (χ0n) is 23.5. The van der Waals surface area contributed by atoms with Crippen LogP contribution in [0.4, 0.5) is 0 Å². The fourth-order valence-electron chi connectivity index (χ4n) is 7.51. The molecule has 4 fully saturated rings. The van der Waals surface area contributed by atoms with Crippen molar-refractivity contribution in [1.29, 1.82) is 0 Å². The van der Waals surface area contributed by atoms with Crippen LogP contribution in [0.25, 0.3) is 0 Å². The Morgan fingerprint density at radius 1 is 0.722 bits per heavy atom. The number of hydrogen-bond donors (Lipinski definition) is 0. The van der Waals surface area contributed by atoms with E-state index in [1.807, 2.05) is 23.5 Å². The summed E-state index contributed by atoms with van der Waals surface area (Å²) < 4.78 is 0. The van der Waals surface area contributed by atoms with E-state index in [-0.39, 0.29) is 23.9 Å². The first kappa shape index (κ1) is 28.6. The average molecular weight is 537 g/mol. The van der Waals surface area contributed by atoms with Gasteiger partial charge in [0.1, 0.15) is 0 Å². The van der Waals surface area contributed by atoms with Crippen LogP contribution >= 0.6 is 23.5 Å². The highest BCUT2D eigenvalue weighted by Gasteiger charge is 2.64. The molecule has 0 aliphatic carbocycles. The fraction of sp³-hybridized carbons (Fsp3) is 0.933. The molecule has 4 nitrogen and oxygen atoms in total. The van der Waals surface area contributed by atoms with Crippen LogP contribution < -0.4 is 0 Å². The van der Waals surface area contributed by atoms with Crippen molar-refractivity contribution in [2.45, 2.75) is 127 Å². The molecule has 4 rings (SSSR count). The molecule has 0 aromatic heterocycles. The van der Waals surface area contributed by atoms with Crippen LogP contribution in [-0.4, -0.2) is 68.8 Å². The molecule has 8 atom stereocenters. The number of unbranched alkanes of at least 4 members (excludes halogenated alkanes) is 2. The number of thioether (sulfide) groups is 2. The van der Waals surface area contributed by atoms with Gasteiger partial charge >= 0.3 is 0 Å². The summed E-state index contributed by atoms with van der Waals surface area (Å²) in [7, 11) is 0. The number of nitrogens with zero attached hydrogens (tertiary/aromatic N) is 2. The molecule has 0 saturated carbocycles. The number of amides is 2. The van der Waals surface area contributed by atoms with Crippen LogP contribution in [0.3, 0.4) is 0 Å². The first-order chi connectivity index (χ1) is 17.5. The van der Waals surface area contributed by atoms with Gasteiger partial charge in [-0.1, -0.05) is 66.2 Å². The second-order valence-corrected chi connectivity index (χ2v) is 14.6. The van der Waals surface area contributed by atoms with Crippen LogP contribution in [0.5, 0.6) is 0 Å². The predicted octanol–water partition coefficient (Wildman–Crippen LogP) is 6.86. The summed E-state index contributed by atoms with van der Waals surface area (Å²) in [6, 6.07) is 0.237. The SMILES string of the molecule is CCCCC(CC)CN1C(=O)C2C(C(=O)N(CC(CC)CCCC)C2C2CCCS2)C1C1CCCS1. The van der Waals surface area contributed by atoms with E-state index in [0.29, 0.717) is 34.2 Å². The standard InChI is InChI=1S/C30H52N2O2S2/c1-5-9-13-21(7-3)19-31-27(23-15-11-17-35-23)25-26(29(31)33)28(24-16-12-18-36-24)32(30(25)34)20-22(8-4)14-10-6-2/h21-28H,5-20H2,1-4H3. The van der Waals surface area contributed by atoms with E-state index >= 15 is 0 Å². The highest BCUT2D eigenvalue weighted by Crippen LogP contribution is 2.51. The van der Waals surface area contributed by atoms with Gasteiger partial charge in [0.2, 0.25) is 11.8 Å². The number of rotatable bonds is 14. The topological polar surface area (TPSA) is 40.6 Å². The summed E-state index contributed by atoms with van der Waals surface area (Å²) >= 11 is 4.09. The minimum atomic E-state index is -0.105. The quantitative estimate of drug-likeness (QED) is 0.243.